The highest BCUT2D eigenvalue weighted by atomic mass is 32.2. The lowest BCUT2D eigenvalue weighted by Crippen LogP contribution is -2.52. The number of aromatic nitrogens is 4. The van der Waals surface area contributed by atoms with E-state index in [9.17, 15) is 13.2 Å². The molecule has 11 nitrogen and oxygen atoms in total. The molecule has 0 amide bonds. The van der Waals surface area contributed by atoms with E-state index in [4.69, 9.17) is 4.74 Å². The number of sulfonamides is 1. The van der Waals surface area contributed by atoms with E-state index >= 15 is 0 Å². The summed E-state index contributed by atoms with van der Waals surface area (Å²) in [6, 6.07) is 1.84. The first-order chi connectivity index (χ1) is 15.7. The molecule has 13 heteroatoms. The molecule has 0 spiro atoms. The topological polar surface area (TPSA) is 117 Å². The summed E-state index contributed by atoms with van der Waals surface area (Å²) in [5.74, 6) is 1.58. The summed E-state index contributed by atoms with van der Waals surface area (Å²) >= 11 is 4.62. The van der Waals surface area contributed by atoms with Gasteiger partial charge < -0.3 is 14.3 Å². The van der Waals surface area contributed by atoms with Gasteiger partial charge in [0.05, 0.1) is 19.0 Å². The summed E-state index contributed by atoms with van der Waals surface area (Å²) in [6.07, 6.45) is 6.18. The van der Waals surface area contributed by atoms with Crippen molar-refractivity contribution in [1.29, 1.82) is 0 Å². The number of hydrogen-bond acceptors (Lipinski definition) is 9. The zero-order valence-corrected chi connectivity index (χ0v) is 20.0. The third-order valence-electron chi connectivity index (χ3n) is 6.05. The third-order valence-corrected chi connectivity index (χ3v) is 7.70. The van der Waals surface area contributed by atoms with Crippen LogP contribution in [0.2, 0.25) is 0 Å². The van der Waals surface area contributed by atoms with E-state index < -0.39 is 10.0 Å². The fourth-order valence-corrected chi connectivity index (χ4v) is 5.48. The van der Waals surface area contributed by atoms with Gasteiger partial charge >= 0.3 is 0 Å². The van der Waals surface area contributed by atoms with E-state index in [0.29, 0.717) is 62.2 Å². The van der Waals surface area contributed by atoms with Gasteiger partial charge in [-0.1, -0.05) is 12.8 Å². The van der Waals surface area contributed by atoms with Crippen molar-refractivity contribution in [3.05, 3.63) is 35.0 Å². The summed E-state index contributed by atoms with van der Waals surface area (Å²) < 4.78 is 34.3. The maximum absolute atomic E-state index is 12.3. The minimum atomic E-state index is -3.16. The molecule has 3 aromatic heterocycles. The highest BCUT2D eigenvalue weighted by Crippen LogP contribution is 2.35. The Balaban J connectivity index is 1.34. The molecule has 0 radical (unpaired) electrons. The maximum Gasteiger partial charge on any atom is 0.274 e. The molecule has 176 valence electrons. The number of rotatable bonds is 4. The van der Waals surface area contributed by atoms with Gasteiger partial charge in [0.2, 0.25) is 10.0 Å². The van der Waals surface area contributed by atoms with Gasteiger partial charge in [-0.05, 0) is 6.07 Å². The number of hydrogen-bond donors (Lipinski definition) is 2. The molecule has 3 aromatic rings. The number of ether oxygens (including phenoxy) is 1. The number of fused-ring (bicyclic) bond motifs is 2. The average molecular weight is 492 g/mol. The number of pyridine rings is 1. The molecule has 0 bridgehead atoms. The summed E-state index contributed by atoms with van der Waals surface area (Å²) in [5.41, 5.74) is 1.13. The van der Waals surface area contributed by atoms with E-state index in [1.165, 1.54) is 15.1 Å². The van der Waals surface area contributed by atoms with E-state index in [1.807, 2.05) is 6.07 Å². The van der Waals surface area contributed by atoms with E-state index in [0.717, 1.165) is 10.9 Å². The standard InChI is InChI=1S/C20H25N7O4S2/c1-24-12-15(14-3-4-21-17(14)20(24)28)18-22-9-16-19(23-18)27(32)11-13(31-16)10-25-5-7-26(8-6-25)33(2,29)30/h3-4,9,12-13,21,32H,5-8,10-11H2,1-2H3. The number of nitrogens with one attached hydrogen (secondary N) is 1. The van der Waals surface area contributed by atoms with Crippen LogP contribution in [0.4, 0.5) is 5.82 Å². The van der Waals surface area contributed by atoms with Crippen LogP contribution in [0, 0.1) is 0 Å². The van der Waals surface area contributed by atoms with Crippen molar-refractivity contribution in [2.75, 3.05) is 49.8 Å². The SMILES string of the molecule is Cn1cc(-c2ncc3c(n2)N(S)CC(CN2CCN(S(C)(=O)=O)CC2)O3)c2cc[nH]c2c1=O. The molecular weight excluding hydrogens is 466 g/mol. The van der Waals surface area contributed by atoms with Gasteiger partial charge in [0.15, 0.2) is 17.4 Å². The highest BCUT2D eigenvalue weighted by Gasteiger charge is 2.30. The first-order valence-corrected chi connectivity index (χ1v) is 12.8. The second-order valence-corrected chi connectivity index (χ2v) is 10.9. The van der Waals surface area contributed by atoms with E-state index in [-0.39, 0.29) is 11.7 Å². The van der Waals surface area contributed by atoms with Crippen molar-refractivity contribution in [3.8, 4) is 17.1 Å². The summed E-state index contributed by atoms with van der Waals surface area (Å²) in [4.78, 5) is 26.7. The minimum absolute atomic E-state index is 0.115. The molecule has 1 unspecified atom stereocenters. The minimum Gasteiger partial charge on any atom is -0.482 e. The maximum atomic E-state index is 12.3. The number of H-pyrrole nitrogens is 1. The molecule has 1 N–H and O–H groups in total. The third kappa shape index (κ3) is 4.21. The number of aryl methyl sites for hydroxylation is 1. The van der Waals surface area contributed by atoms with Crippen LogP contribution in [0.5, 0.6) is 5.75 Å². The van der Waals surface area contributed by atoms with Gasteiger partial charge in [0.1, 0.15) is 11.6 Å². The predicted molar refractivity (Wildman–Crippen MR) is 128 cm³/mol. The quantitative estimate of drug-likeness (QED) is 0.501. The Morgan fingerprint density at radius 1 is 1.27 bits per heavy atom. The number of anilines is 1. The van der Waals surface area contributed by atoms with E-state index in [1.54, 1.807) is 29.9 Å². The van der Waals surface area contributed by atoms with Crippen LogP contribution in [0.3, 0.4) is 0 Å². The highest BCUT2D eigenvalue weighted by molar-refractivity contribution is 7.88. The lowest BCUT2D eigenvalue weighted by molar-refractivity contribution is 0.107. The number of nitrogens with zero attached hydrogens (tertiary/aromatic N) is 6. The lowest BCUT2D eigenvalue weighted by atomic mass is 10.1. The molecule has 1 saturated heterocycles. The molecule has 1 fully saturated rings. The number of aromatic amines is 1. The van der Waals surface area contributed by atoms with Gasteiger partial charge in [-0.2, -0.15) is 4.31 Å². The molecule has 1 atom stereocenters. The van der Waals surface area contributed by atoms with Crippen LogP contribution in [0.15, 0.2) is 29.5 Å². The Morgan fingerprint density at radius 3 is 2.76 bits per heavy atom. The van der Waals surface area contributed by atoms with Crippen molar-refractivity contribution < 1.29 is 13.2 Å². The number of thiol groups is 1. The van der Waals surface area contributed by atoms with Crippen molar-refractivity contribution in [2.24, 2.45) is 7.05 Å². The Labute approximate surface area is 196 Å². The molecule has 0 aromatic carbocycles. The van der Waals surface area contributed by atoms with Crippen LogP contribution in [0.1, 0.15) is 0 Å². The molecular formula is C20H25N7O4S2. The fourth-order valence-electron chi connectivity index (χ4n) is 4.33. The Morgan fingerprint density at radius 2 is 2.03 bits per heavy atom. The second-order valence-electron chi connectivity index (χ2n) is 8.39. The molecule has 2 aliphatic heterocycles. The smallest absolute Gasteiger partial charge is 0.274 e. The second kappa shape index (κ2) is 8.31. The van der Waals surface area contributed by atoms with Crippen LogP contribution < -0.4 is 14.6 Å². The molecule has 33 heavy (non-hydrogen) atoms. The van der Waals surface area contributed by atoms with Crippen LogP contribution in [0.25, 0.3) is 22.3 Å². The van der Waals surface area contributed by atoms with Gasteiger partial charge in [-0.15, -0.1) is 0 Å². The largest absolute Gasteiger partial charge is 0.482 e. The predicted octanol–water partition coefficient (Wildman–Crippen LogP) is 0.313. The first-order valence-electron chi connectivity index (χ1n) is 10.6. The first kappa shape index (κ1) is 22.2. The number of piperazine rings is 1. The molecule has 0 saturated carbocycles. The molecule has 5 rings (SSSR count). The van der Waals surface area contributed by atoms with Gasteiger partial charge in [0.25, 0.3) is 5.56 Å². The van der Waals surface area contributed by atoms with Crippen LogP contribution in [-0.4, -0.2) is 88.8 Å². The van der Waals surface area contributed by atoms with Crippen LogP contribution in [-0.2, 0) is 17.1 Å². The van der Waals surface area contributed by atoms with Crippen molar-refractivity contribution in [2.45, 2.75) is 6.10 Å². The Hall–Kier alpha value is -2.61. The van der Waals surface area contributed by atoms with Gasteiger partial charge in [-0.25, -0.2) is 18.4 Å². The van der Waals surface area contributed by atoms with Crippen molar-refractivity contribution >= 4 is 39.6 Å². The van der Waals surface area contributed by atoms with Gasteiger partial charge in [0, 0.05) is 63.1 Å². The molecule has 5 heterocycles. The van der Waals surface area contributed by atoms with Crippen molar-refractivity contribution in [1.82, 2.24) is 28.7 Å². The molecule has 0 aliphatic carbocycles. The van der Waals surface area contributed by atoms with Gasteiger partial charge in [-0.3, -0.25) is 14.0 Å². The van der Waals surface area contributed by atoms with E-state index in [2.05, 4.69) is 32.7 Å². The average Bonchev–Trinajstić information content (AvgIpc) is 3.26. The normalized spacial score (nSPS) is 20.1. The van der Waals surface area contributed by atoms with Crippen LogP contribution >= 0.6 is 12.8 Å². The lowest BCUT2D eigenvalue weighted by Gasteiger charge is -2.38. The van der Waals surface area contributed by atoms with Crippen molar-refractivity contribution in [3.63, 3.8) is 0 Å². The Bertz CT molecular complexity index is 1360. The summed E-state index contributed by atoms with van der Waals surface area (Å²) in [5, 5.41) is 0.756. The monoisotopic (exact) mass is 491 g/mol. The molecule has 2 aliphatic rings. The zero-order chi connectivity index (χ0) is 23.3. The zero-order valence-electron chi connectivity index (χ0n) is 18.3. The Kier molecular flexibility index (Phi) is 5.59. The summed E-state index contributed by atoms with van der Waals surface area (Å²) in [7, 11) is -1.46. The summed E-state index contributed by atoms with van der Waals surface area (Å²) in [6.45, 7) is 3.44. The fraction of sp³-hybridized carbons (Fsp3) is 0.450.